The molecule has 5 nitrogen and oxygen atoms in total. The molecule has 0 spiro atoms. The minimum Gasteiger partial charge on any atom is -0.461 e. The molecule has 35 heavy (non-hydrogen) atoms. The monoisotopic (exact) mass is 480 g/mol. The predicted octanol–water partition coefficient (Wildman–Crippen LogP) is 5.92. The fraction of sp³-hybridized carbons (Fsp3) is 0.533. The number of benzene rings is 2. The molecule has 2 aromatic carbocycles. The van der Waals surface area contributed by atoms with Crippen molar-refractivity contribution >= 4 is 11.9 Å². The van der Waals surface area contributed by atoms with Crippen LogP contribution in [0.5, 0.6) is 0 Å². The van der Waals surface area contributed by atoms with Crippen molar-refractivity contribution in [2.75, 3.05) is 20.6 Å². The lowest BCUT2D eigenvalue weighted by Gasteiger charge is -2.22. The highest BCUT2D eigenvalue weighted by Crippen LogP contribution is 2.12. The first kappa shape index (κ1) is 28.6. The van der Waals surface area contributed by atoms with Crippen molar-refractivity contribution in [1.29, 1.82) is 0 Å². The van der Waals surface area contributed by atoms with E-state index in [1.54, 1.807) is 0 Å². The van der Waals surface area contributed by atoms with Crippen LogP contribution in [0.3, 0.4) is 0 Å². The lowest BCUT2D eigenvalue weighted by atomic mass is 10.0. The van der Waals surface area contributed by atoms with Crippen LogP contribution in [0.2, 0.25) is 0 Å². The molecule has 2 aromatic rings. The fourth-order valence-corrected chi connectivity index (χ4v) is 4.22. The standard InChI is InChI=1S/C30H44N2O3/c1-32(2)24-28(23-30(34)35-25-27-20-14-10-15-21-27)31-29(33)22-16-8-6-4-3-5-7-11-17-26-18-12-9-13-19-26/h9-10,12-15,18-21,28H,3-8,11,16-17,22-25H2,1-2H3,(H,31,33)/t28-/m1/s1. The SMILES string of the molecule is CN(C)C[C@@H](CC(=O)OCc1ccccc1)NC(=O)CCCCCCCCCCc1ccccc1. The lowest BCUT2D eigenvalue weighted by molar-refractivity contribution is -0.145. The van der Waals surface area contributed by atoms with Crippen molar-refractivity contribution in [3.05, 3.63) is 71.8 Å². The van der Waals surface area contributed by atoms with Crippen LogP contribution in [0.1, 0.15) is 75.3 Å². The number of esters is 1. The van der Waals surface area contributed by atoms with Gasteiger partial charge in [0.05, 0.1) is 12.5 Å². The minimum absolute atomic E-state index is 0.0219. The molecular weight excluding hydrogens is 436 g/mol. The average Bonchev–Trinajstić information content (AvgIpc) is 2.84. The number of ether oxygens (including phenoxy) is 1. The van der Waals surface area contributed by atoms with Gasteiger partial charge in [-0.15, -0.1) is 0 Å². The smallest absolute Gasteiger partial charge is 0.308 e. The van der Waals surface area contributed by atoms with E-state index < -0.39 is 0 Å². The van der Waals surface area contributed by atoms with Crippen molar-refractivity contribution in [3.8, 4) is 0 Å². The fourth-order valence-electron chi connectivity index (χ4n) is 4.22. The second-order valence-corrected chi connectivity index (χ2v) is 9.69. The maximum Gasteiger partial charge on any atom is 0.308 e. The molecule has 0 unspecified atom stereocenters. The van der Waals surface area contributed by atoms with E-state index in [-0.39, 0.29) is 30.9 Å². The van der Waals surface area contributed by atoms with Crippen LogP contribution in [0.15, 0.2) is 60.7 Å². The van der Waals surface area contributed by atoms with Crippen LogP contribution in [0, 0.1) is 0 Å². The Kier molecular flexibility index (Phi) is 14.5. The van der Waals surface area contributed by atoms with Crippen LogP contribution in [0.25, 0.3) is 0 Å². The quantitative estimate of drug-likeness (QED) is 0.213. The second kappa shape index (κ2) is 17.7. The molecular formula is C30H44N2O3. The van der Waals surface area contributed by atoms with E-state index in [2.05, 4.69) is 35.6 Å². The zero-order chi connectivity index (χ0) is 25.1. The third-order valence-corrected chi connectivity index (χ3v) is 6.07. The van der Waals surface area contributed by atoms with Gasteiger partial charge >= 0.3 is 5.97 Å². The molecule has 192 valence electrons. The summed E-state index contributed by atoms with van der Waals surface area (Å²) in [5, 5.41) is 3.03. The van der Waals surface area contributed by atoms with Crippen molar-refractivity contribution in [1.82, 2.24) is 10.2 Å². The third kappa shape index (κ3) is 14.4. The Balaban J connectivity index is 1.52. The maximum absolute atomic E-state index is 12.4. The van der Waals surface area contributed by atoms with Gasteiger partial charge in [-0.1, -0.05) is 99.2 Å². The number of rotatable bonds is 18. The summed E-state index contributed by atoms with van der Waals surface area (Å²) in [6, 6.07) is 20.1. The van der Waals surface area contributed by atoms with E-state index >= 15 is 0 Å². The molecule has 2 rings (SSSR count). The zero-order valence-corrected chi connectivity index (χ0v) is 21.7. The molecule has 0 aliphatic heterocycles. The molecule has 0 saturated heterocycles. The van der Waals surface area contributed by atoms with E-state index in [0.29, 0.717) is 13.0 Å². The Morgan fingerprint density at radius 1 is 0.771 bits per heavy atom. The van der Waals surface area contributed by atoms with E-state index in [1.165, 1.54) is 50.5 Å². The average molecular weight is 481 g/mol. The van der Waals surface area contributed by atoms with Gasteiger partial charge in [-0.25, -0.2) is 0 Å². The van der Waals surface area contributed by atoms with Gasteiger partial charge in [-0.05, 0) is 44.5 Å². The van der Waals surface area contributed by atoms with Crippen LogP contribution in [-0.2, 0) is 27.4 Å². The summed E-state index contributed by atoms with van der Waals surface area (Å²) >= 11 is 0. The summed E-state index contributed by atoms with van der Waals surface area (Å²) in [7, 11) is 3.88. The number of aryl methyl sites for hydroxylation is 1. The highest BCUT2D eigenvalue weighted by Gasteiger charge is 2.18. The molecule has 1 amide bonds. The van der Waals surface area contributed by atoms with Gasteiger partial charge in [0.25, 0.3) is 0 Å². The van der Waals surface area contributed by atoms with Crippen molar-refractivity contribution in [2.24, 2.45) is 0 Å². The number of nitrogens with zero attached hydrogens (tertiary/aromatic N) is 1. The molecule has 0 aromatic heterocycles. The Morgan fingerprint density at radius 3 is 1.91 bits per heavy atom. The van der Waals surface area contributed by atoms with E-state index in [1.807, 2.05) is 49.3 Å². The van der Waals surface area contributed by atoms with Gasteiger partial charge in [-0.3, -0.25) is 9.59 Å². The molecule has 0 saturated carbocycles. The molecule has 1 N–H and O–H groups in total. The molecule has 0 radical (unpaired) electrons. The molecule has 0 bridgehead atoms. The maximum atomic E-state index is 12.4. The Bertz CT molecular complexity index is 824. The Hall–Kier alpha value is -2.66. The highest BCUT2D eigenvalue weighted by molar-refractivity contribution is 5.77. The third-order valence-electron chi connectivity index (χ3n) is 6.07. The molecule has 0 heterocycles. The first-order valence-corrected chi connectivity index (χ1v) is 13.2. The van der Waals surface area contributed by atoms with Crippen LogP contribution >= 0.6 is 0 Å². The van der Waals surface area contributed by atoms with E-state index in [4.69, 9.17) is 4.74 Å². The van der Waals surface area contributed by atoms with Gasteiger partial charge in [0, 0.05) is 13.0 Å². The van der Waals surface area contributed by atoms with Crippen molar-refractivity contribution < 1.29 is 14.3 Å². The second-order valence-electron chi connectivity index (χ2n) is 9.69. The summed E-state index contributed by atoms with van der Waals surface area (Å²) in [6.45, 7) is 0.867. The number of unbranched alkanes of at least 4 members (excludes halogenated alkanes) is 7. The largest absolute Gasteiger partial charge is 0.461 e. The van der Waals surface area contributed by atoms with Gasteiger partial charge in [-0.2, -0.15) is 0 Å². The molecule has 0 aliphatic rings. The summed E-state index contributed by atoms with van der Waals surface area (Å²) in [4.78, 5) is 26.7. The summed E-state index contributed by atoms with van der Waals surface area (Å²) < 4.78 is 5.40. The van der Waals surface area contributed by atoms with Crippen LogP contribution in [-0.4, -0.2) is 43.5 Å². The van der Waals surface area contributed by atoms with Gasteiger partial charge in [0.15, 0.2) is 0 Å². The van der Waals surface area contributed by atoms with Crippen LogP contribution < -0.4 is 5.32 Å². The number of hydrogen-bond donors (Lipinski definition) is 1. The normalized spacial score (nSPS) is 11.9. The number of carbonyl (C=O) groups is 2. The topological polar surface area (TPSA) is 58.6 Å². The summed E-state index contributed by atoms with van der Waals surface area (Å²) in [5.74, 6) is -0.265. The van der Waals surface area contributed by atoms with E-state index in [9.17, 15) is 9.59 Å². The van der Waals surface area contributed by atoms with Gasteiger partial charge < -0.3 is 15.0 Å². The highest BCUT2D eigenvalue weighted by atomic mass is 16.5. The first-order valence-electron chi connectivity index (χ1n) is 13.2. The molecule has 0 fully saturated rings. The number of nitrogens with one attached hydrogen (secondary N) is 1. The zero-order valence-electron chi connectivity index (χ0n) is 21.7. The summed E-state index contributed by atoms with van der Waals surface area (Å²) in [5.41, 5.74) is 2.39. The lowest BCUT2D eigenvalue weighted by Crippen LogP contribution is -2.43. The Labute approximate surface area is 212 Å². The van der Waals surface area contributed by atoms with Crippen molar-refractivity contribution in [2.45, 2.75) is 83.3 Å². The number of likely N-dealkylation sites (N-methyl/N-ethyl adjacent to an activating group) is 1. The van der Waals surface area contributed by atoms with Gasteiger partial charge in [0.2, 0.25) is 5.91 Å². The van der Waals surface area contributed by atoms with Gasteiger partial charge in [0.1, 0.15) is 6.61 Å². The molecule has 5 heteroatoms. The minimum atomic E-state index is -0.287. The van der Waals surface area contributed by atoms with Crippen LogP contribution in [0.4, 0.5) is 0 Å². The Morgan fingerprint density at radius 2 is 1.31 bits per heavy atom. The number of amides is 1. The number of hydrogen-bond acceptors (Lipinski definition) is 4. The molecule has 0 aliphatic carbocycles. The number of carbonyl (C=O) groups excluding carboxylic acids is 2. The van der Waals surface area contributed by atoms with Crippen molar-refractivity contribution in [3.63, 3.8) is 0 Å². The van der Waals surface area contributed by atoms with E-state index in [0.717, 1.165) is 18.4 Å². The summed E-state index contributed by atoms with van der Waals surface area (Å²) in [6.07, 6.45) is 11.4. The molecule has 1 atom stereocenters. The predicted molar refractivity (Wildman–Crippen MR) is 143 cm³/mol. The first-order chi connectivity index (χ1) is 17.0.